The molecule has 0 aliphatic heterocycles. The summed E-state index contributed by atoms with van der Waals surface area (Å²) in [4.78, 5) is 0. The maximum absolute atomic E-state index is 11.1. The molecule has 2 nitrogen and oxygen atoms in total. The zero-order valence-electron chi connectivity index (χ0n) is 15.3. The average Bonchev–Trinajstić information content (AvgIpc) is 2.86. The Kier molecular flexibility index (Phi) is 4.25. The van der Waals surface area contributed by atoms with Crippen LogP contribution in [0.2, 0.25) is 0 Å². The third-order valence-corrected chi connectivity index (χ3v) is 8.19. The first-order chi connectivity index (χ1) is 11.9. The van der Waals surface area contributed by atoms with Crippen LogP contribution in [0.4, 0.5) is 0 Å². The average molecular weight is 361 g/mol. The lowest BCUT2D eigenvalue weighted by molar-refractivity contribution is -0.0784. The standard InChI is InChI=1S/C22H29ClO2/c1-4-22(24)11-10-18-17-8-6-14-12-15(25-5-2)7-9-16(14)20(17)19(23)13-21(18,22)3/h1,6,12,16-20,24H,5,7-11,13H2,2-3H3/t16-,17-,18-,19-,20+,21-,22-/m0/s1. The molecule has 4 aliphatic carbocycles. The third kappa shape index (κ3) is 2.42. The van der Waals surface area contributed by atoms with Crippen LogP contribution >= 0.6 is 11.6 Å². The molecule has 0 amide bonds. The molecule has 1 N–H and O–H groups in total. The molecule has 0 unspecified atom stereocenters. The molecule has 0 bridgehead atoms. The lowest BCUT2D eigenvalue weighted by Gasteiger charge is -2.55. The normalized spacial score (nSPS) is 48.4. The van der Waals surface area contributed by atoms with Crippen LogP contribution in [-0.4, -0.2) is 22.7 Å². The molecule has 2 fully saturated rings. The fraction of sp³-hybridized carbons (Fsp3) is 0.727. The second-order valence-corrected chi connectivity index (χ2v) is 9.22. The minimum atomic E-state index is -0.992. The first-order valence-electron chi connectivity index (χ1n) is 9.81. The minimum Gasteiger partial charge on any atom is -0.498 e. The molecule has 0 aromatic heterocycles. The van der Waals surface area contributed by atoms with Crippen molar-refractivity contribution in [3.8, 4) is 12.3 Å². The molecule has 2 saturated carbocycles. The first-order valence-corrected chi connectivity index (χ1v) is 10.2. The highest BCUT2D eigenvalue weighted by Gasteiger charge is 2.63. The Bertz CT molecular complexity index is 659. The van der Waals surface area contributed by atoms with Crippen molar-refractivity contribution in [2.24, 2.45) is 29.1 Å². The Labute approximate surface area is 156 Å². The van der Waals surface area contributed by atoms with Gasteiger partial charge in [-0.05, 0) is 74.3 Å². The highest BCUT2D eigenvalue weighted by molar-refractivity contribution is 6.21. The van der Waals surface area contributed by atoms with Gasteiger partial charge in [0.05, 0.1) is 12.4 Å². The number of hydrogen-bond donors (Lipinski definition) is 1. The molecule has 25 heavy (non-hydrogen) atoms. The van der Waals surface area contributed by atoms with Crippen molar-refractivity contribution >= 4 is 11.6 Å². The number of allylic oxidation sites excluding steroid dienone is 4. The molecular formula is C22H29ClO2. The molecule has 0 heterocycles. The van der Waals surface area contributed by atoms with Gasteiger partial charge in [-0.2, -0.15) is 0 Å². The van der Waals surface area contributed by atoms with E-state index < -0.39 is 5.60 Å². The van der Waals surface area contributed by atoms with E-state index in [0.717, 1.165) is 44.5 Å². The van der Waals surface area contributed by atoms with Crippen molar-refractivity contribution in [2.45, 2.75) is 63.4 Å². The molecule has 0 saturated heterocycles. The smallest absolute Gasteiger partial charge is 0.130 e. The quantitative estimate of drug-likeness (QED) is 0.572. The van der Waals surface area contributed by atoms with Gasteiger partial charge in [0.15, 0.2) is 0 Å². The molecule has 0 radical (unpaired) electrons. The number of hydrogen-bond acceptors (Lipinski definition) is 2. The fourth-order valence-electron chi connectivity index (χ4n) is 6.49. The number of ether oxygens (including phenoxy) is 1. The van der Waals surface area contributed by atoms with Gasteiger partial charge >= 0.3 is 0 Å². The molecule has 3 heteroatoms. The van der Waals surface area contributed by atoms with E-state index >= 15 is 0 Å². The Morgan fingerprint density at radius 1 is 1.44 bits per heavy atom. The summed E-state index contributed by atoms with van der Waals surface area (Å²) >= 11 is 6.99. The van der Waals surface area contributed by atoms with Gasteiger partial charge in [-0.1, -0.05) is 18.9 Å². The van der Waals surface area contributed by atoms with Crippen molar-refractivity contribution in [3.63, 3.8) is 0 Å². The van der Waals surface area contributed by atoms with Crippen LogP contribution in [0.25, 0.3) is 0 Å². The Hall–Kier alpha value is -0.910. The summed E-state index contributed by atoms with van der Waals surface area (Å²) in [6, 6.07) is 0. The second kappa shape index (κ2) is 6.07. The van der Waals surface area contributed by atoms with Crippen LogP contribution in [0.15, 0.2) is 23.5 Å². The molecule has 0 aromatic rings. The van der Waals surface area contributed by atoms with Crippen LogP contribution in [0.1, 0.15) is 52.4 Å². The molecule has 4 rings (SSSR count). The van der Waals surface area contributed by atoms with Gasteiger partial charge in [-0.15, -0.1) is 18.0 Å². The van der Waals surface area contributed by atoms with Crippen LogP contribution in [0.5, 0.6) is 0 Å². The summed E-state index contributed by atoms with van der Waals surface area (Å²) in [5, 5.41) is 11.1. The van der Waals surface area contributed by atoms with Gasteiger partial charge in [-0.25, -0.2) is 0 Å². The van der Waals surface area contributed by atoms with Crippen LogP contribution in [0.3, 0.4) is 0 Å². The Balaban J connectivity index is 1.67. The molecule has 136 valence electrons. The van der Waals surface area contributed by atoms with Crippen LogP contribution in [0, 0.1) is 41.4 Å². The number of alkyl halides is 1. The number of terminal acetylenes is 1. The predicted octanol–water partition coefficient (Wildman–Crippen LogP) is 4.67. The fourth-order valence-corrected chi connectivity index (χ4v) is 7.18. The lowest BCUT2D eigenvalue weighted by atomic mass is 9.51. The van der Waals surface area contributed by atoms with E-state index in [1.807, 2.05) is 6.92 Å². The Morgan fingerprint density at radius 2 is 2.24 bits per heavy atom. The number of halogens is 1. The van der Waals surface area contributed by atoms with Gasteiger partial charge in [0, 0.05) is 17.2 Å². The largest absolute Gasteiger partial charge is 0.498 e. The maximum atomic E-state index is 11.1. The topological polar surface area (TPSA) is 29.5 Å². The maximum Gasteiger partial charge on any atom is 0.130 e. The zero-order chi connectivity index (χ0) is 17.8. The molecule has 7 atom stereocenters. The SMILES string of the molecule is C#C[C@]1(O)CC[C@H]2[C@@H]3CC=C4C=C(OCC)CC[C@@H]4[C@H]3[C@@H](Cl)C[C@@]21C. The van der Waals surface area contributed by atoms with E-state index in [1.54, 1.807) is 0 Å². The van der Waals surface area contributed by atoms with Gasteiger partial charge in [0.25, 0.3) is 0 Å². The summed E-state index contributed by atoms with van der Waals surface area (Å²) in [7, 11) is 0. The summed E-state index contributed by atoms with van der Waals surface area (Å²) in [6.45, 7) is 4.96. The van der Waals surface area contributed by atoms with E-state index in [-0.39, 0.29) is 10.8 Å². The Morgan fingerprint density at radius 3 is 2.96 bits per heavy atom. The van der Waals surface area contributed by atoms with Crippen molar-refractivity contribution in [1.29, 1.82) is 0 Å². The van der Waals surface area contributed by atoms with E-state index in [9.17, 15) is 5.11 Å². The van der Waals surface area contributed by atoms with Crippen molar-refractivity contribution in [1.82, 2.24) is 0 Å². The summed E-state index contributed by atoms with van der Waals surface area (Å²) < 4.78 is 5.75. The van der Waals surface area contributed by atoms with E-state index in [1.165, 1.54) is 5.57 Å². The van der Waals surface area contributed by atoms with Crippen LogP contribution < -0.4 is 0 Å². The van der Waals surface area contributed by atoms with E-state index in [4.69, 9.17) is 22.8 Å². The minimum absolute atomic E-state index is 0.0833. The van der Waals surface area contributed by atoms with Gasteiger partial charge in [-0.3, -0.25) is 0 Å². The van der Waals surface area contributed by atoms with Gasteiger partial charge < -0.3 is 9.84 Å². The summed E-state index contributed by atoms with van der Waals surface area (Å²) in [6.07, 6.45) is 16.2. The number of rotatable bonds is 2. The highest BCUT2D eigenvalue weighted by atomic mass is 35.5. The zero-order valence-corrected chi connectivity index (χ0v) is 16.1. The molecule has 0 spiro atoms. The summed E-state index contributed by atoms with van der Waals surface area (Å²) in [5.74, 6) is 5.90. The number of aliphatic hydroxyl groups is 1. The highest BCUT2D eigenvalue weighted by Crippen LogP contribution is 2.65. The van der Waals surface area contributed by atoms with Gasteiger partial charge in [0.1, 0.15) is 5.60 Å². The van der Waals surface area contributed by atoms with Crippen LogP contribution in [-0.2, 0) is 4.74 Å². The molecule has 4 aliphatic rings. The molecule has 0 aromatic carbocycles. The monoisotopic (exact) mass is 360 g/mol. The first kappa shape index (κ1) is 17.5. The van der Waals surface area contributed by atoms with Crippen molar-refractivity contribution < 1.29 is 9.84 Å². The van der Waals surface area contributed by atoms with Crippen molar-refractivity contribution in [2.75, 3.05) is 6.61 Å². The lowest BCUT2D eigenvalue weighted by Crippen LogP contribution is -2.55. The predicted molar refractivity (Wildman–Crippen MR) is 101 cm³/mol. The van der Waals surface area contributed by atoms with Crippen molar-refractivity contribution in [3.05, 3.63) is 23.5 Å². The van der Waals surface area contributed by atoms with E-state index in [2.05, 4.69) is 25.0 Å². The van der Waals surface area contributed by atoms with Gasteiger partial charge in [0.2, 0.25) is 0 Å². The van der Waals surface area contributed by atoms with E-state index in [0.29, 0.717) is 30.1 Å². The third-order valence-electron chi connectivity index (χ3n) is 7.74. The molecular weight excluding hydrogens is 332 g/mol. The summed E-state index contributed by atoms with van der Waals surface area (Å²) in [5.41, 5.74) is 0.186. The number of fused-ring (bicyclic) bond motifs is 5. The second-order valence-electron chi connectivity index (χ2n) is 8.66.